The highest BCUT2D eigenvalue weighted by Gasteiger charge is 2.15. The van der Waals surface area contributed by atoms with Crippen LogP contribution in [0.15, 0.2) is 60.7 Å². The lowest BCUT2D eigenvalue weighted by Crippen LogP contribution is -2.14. The molecule has 0 amide bonds. The first kappa shape index (κ1) is 16.2. The number of hydrogen-bond acceptors (Lipinski definition) is 3. The number of nitrogens with one attached hydrogen (secondary N) is 1. The van der Waals surface area contributed by atoms with Crippen LogP contribution in [0, 0.1) is 0 Å². The normalized spacial score (nSPS) is 11.5. The molecule has 0 radical (unpaired) electrons. The molecule has 122 valence electrons. The van der Waals surface area contributed by atoms with Crippen molar-refractivity contribution in [3.05, 3.63) is 71.9 Å². The van der Waals surface area contributed by atoms with Gasteiger partial charge in [-0.1, -0.05) is 57.2 Å². The predicted molar refractivity (Wildman–Crippen MR) is 99.7 cm³/mol. The van der Waals surface area contributed by atoms with Crippen molar-refractivity contribution < 1.29 is 4.79 Å². The van der Waals surface area contributed by atoms with Gasteiger partial charge in [0.15, 0.2) is 5.78 Å². The Kier molecular flexibility index (Phi) is 4.34. The number of fused-ring (bicyclic) bond motifs is 1. The summed E-state index contributed by atoms with van der Waals surface area (Å²) in [6.07, 6.45) is 0. The van der Waals surface area contributed by atoms with Gasteiger partial charge in [0, 0.05) is 27.7 Å². The summed E-state index contributed by atoms with van der Waals surface area (Å²) in [6.45, 7) is 6.76. The average Bonchev–Trinajstić information content (AvgIpc) is 2.59. The van der Waals surface area contributed by atoms with Crippen LogP contribution < -0.4 is 5.32 Å². The summed E-state index contributed by atoms with van der Waals surface area (Å²) >= 11 is 0. The monoisotopic (exact) mass is 318 g/mol. The number of nitrogens with zero attached hydrogens (tertiary/aromatic N) is 1. The van der Waals surface area contributed by atoms with Crippen LogP contribution in [-0.4, -0.2) is 17.3 Å². The lowest BCUT2D eigenvalue weighted by molar-refractivity contribution is 0.101. The topological polar surface area (TPSA) is 42.0 Å². The fraction of sp³-hybridized carbons (Fsp3) is 0.238. The minimum absolute atomic E-state index is 0.0349. The molecule has 0 unspecified atom stereocenters. The number of aromatic nitrogens is 1. The molecule has 0 fully saturated rings. The van der Waals surface area contributed by atoms with Gasteiger partial charge in [-0.15, -0.1) is 0 Å². The Morgan fingerprint density at radius 3 is 2.46 bits per heavy atom. The number of anilines is 1. The van der Waals surface area contributed by atoms with Crippen molar-refractivity contribution in [1.29, 1.82) is 0 Å². The van der Waals surface area contributed by atoms with Crippen LogP contribution in [0.1, 0.15) is 36.8 Å². The summed E-state index contributed by atoms with van der Waals surface area (Å²) in [7, 11) is 0. The molecule has 1 heterocycles. The van der Waals surface area contributed by atoms with Gasteiger partial charge >= 0.3 is 0 Å². The van der Waals surface area contributed by atoms with Gasteiger partial charge in [-0.25, -0.2) is 0 Å². The Bertz CT molecular complexity index is 864. The molecular formula is C21H22N2O. The van der Waals surface area contributed by atoms with Gasteiger partial charge < -0.3 is 5.32 Å². The zero-order valence-electron chi connectivity index (χ0n) is 14.3. The number of carbonyl (C=O) groups is 1. The second-order valence-electron chi connectivity index (χ2n) is 7.00. The van der Waals surface area contributed by atoms with E-state index in [0.717, 1.165) is 27.8 Å². The molecule has 1 N–H and O–H groups in total. The van der Waals surface area contributed by atoms with Crippen LogP contribution in [0.25, 0.3) is 10.9 Å². The van der Waals surface area contributed by atoms with E-state index in [9.17, 15) is 4.79 Å². The summed E-state index contributed by atoms with van der Waals surface area (Å²) < 4.78 is 0. The number of Topliss-reactive ketones (excluding diaryl/α,β-unsaturated/α-hetero) is 1. The highest BCUT2D eigenvalue weighted by Crippen LogP contribution is 2.24. The summed E-state index contributed by atoms with van der Waals surface area (Å²) in [5.41, 5.74) is 3.74. The highest BCUT2D eigenvalue weighted by molar-refractivity contribution is 5.99. The van der Waals surface area contributed by atoms with Crippen molar-refractivity contribution in [2.24, 2.45) is 0 Å². The zero-order chi connectivity index (χ0) is 17.2. The number of hydrogen-bond donors (Lipinski definition) is 1. The number of pyridine rings is 1. The fourth-order valence-corrected chi connectivity index (χ4v) is 2.56. The van der Waals surface area contributed by atoms with Gasteiger partial charge in [0.2, 0.25) is 0 Å². The molecule has 3 rings (SSSR count). The van der Waals surface area contributed by atoms with Crippen LogP contribution in [0.2, 0.25) is 0 Å². The van der Waals surface area contributed by atoms with E-state index < -0.39 is 0 Å². The third-order valence-corrected chi connectivity index (χ3v) is 4.01. The minimum Gasteiger partial charge on any atom is -0.378 e. The van der Waals surface area contributed by atoms with Gasteiger partial charge in [-0.3, -0.25) is 9.78 Å². The maximum absolute atomic E-state index is 12.2. The second kappa shape index (κ2) is 6.44. The molecule has 0 aliphatic heterocycles. The Morgan fingerprint density at radius 1 is 1.00 bits per heavy atom. The van der Waals surface area contributed by atoms with Crippen molar-refractivity contribution in [1.82, 2.24) is 4.98 Å². The second-order valence-corrected chi connectivity index (χ2v) is 7.00. The maximum atomic E-state index is 12.2. The number of carbonyl (C=O) groups excluding carboxylic acids is 1. The molecule has 0 saturated heterocycles. The Balaban J connectivity index is 1.75. The highest BCUT2D eigenvalue weighted by atomic mass is 16.1. The fourth-order valence-electron chi connectivity index (χ4n) is 2.56. The molecule has 0 aliphatic carbocycles. The van der Waals surface area contributed by atoms with E-state index in [2.05, 4.69) is 38.2 Å². The zero-order valence-corrected chi connectivity index (χ0v) is 14.3. The lowest BCUT2D eigenvalue weighted by atomic mass is 9.91. The summed E-state index contributed by atoms with van der Waals surface area (Å²) in [4.78, 5) is 16.9. The van der Waals surface area contributed by atoms with E-state index in [1.54, 1.807) is 0 Å². The summed E-state index contributed by atoms with van der Waals surface area (Å²) in [6, 6.07) is 19.5. The summed E-state index contributed by atoms with van der Waals surface area (Å²) in [5.74, 6) is 0.0805. The van der Waals surface area contributed by atoms with Crippen LogP contribution in [0.3, 0.4) is 0 Å². The molecule has 3 heteroatoms. The smallest absolute Gasteiger partial charge is 0.181 e. The third kappa shape index (κ3) is 3.62. The molecular weight excluding hydrogens is 296 g/mol. The van der Waals surface area contributed by atoms with Gasteiger partial charge in [0.25, 0.3) is 0 Å². The van der Waals surface area contributed by atoms with Crippen LogP contribution in [0.5, 0.6) is 0 Å². The molecule has 2 aromatic carbocycles. The van der Waals surface area contributed by atoms with Gasteiger partial charge in [-0.2, -0.15) is 0 Å². The van der Waals surface area contributed by atoms with E-state index in [-0.39, 0.29) is 17.7 Å². The van der Waals surface area contributed by atoms with Crippen molar-refractivity contribution in [2.45, 2.75) is 26.2 Å². The van der Waals surface area contributed by atoms with Crippen molar-refractivity contribution in [2.75, 3.05) is 11.9 Å². The first-order chi connectivity index (χ1) is 11.4. The molecule has 0 saturated carbocycles. The van der Waals surface area contributed by atoms with Crippen LogP contribution in [0.4, 0.5) is 5.69 Å². The van der Waals surface area contributed by atoms with Crippen molar-refractivity contribution >= 4 is 22.4 Å². The lowest BCUT2D eigenvalue weighted by Gasteiger charge is -2.18. The van der Waals surface area contributed by atoms with E-state index in [4.69, 9.17) is 4.98 Å². The van der Waals surface area contributed by atoms with Gasteiger partial charge in [0.1, 0.15) is 0 Å². The Hall–Kier alpha value is -2.68. The first-order valence-electron chi connectivity index (χ1n) is 8.17. The van der Waals surface area contributed by atoms with Gasteiger partial charge in [-0.05, 0) is 24.3 Å². The van der Waals surface area contributed by atoms with E-state index >= 15 is 0 Å². The first-order valence-corrected chi connectivity index (χ1v) is 8.17. The molecule has 24 heavy (non-hydrogen) atoms. The third-order valence-electron chi connectivity index (χ3n) is 4.01. The van der Waals surface area contributed by atoms with E-state index in [1.165, 1.54) is 0 Å². The predicted octanol–water partition coefficient (Wildman–Crippen LogP) is 4.83. The molecule has 3 aromatic rings. The van der Waals surface area contributed by atoms with Crippen LogP contribution in [-0.2, 0) is 5.41 Å². The maximum Gasteiger partial charge on any atom is 0.181 e. The molecule has 1 aromatic heterocycles. The minimum atomic E-state index is 0.0349. The average molecular weight is 318 g/mol. The van der Waals surface area contributed by atoms with Crippen molar-refractivity contribution in [3.8, 4) is 0 Å². The number of rotatable bonds is 4. The summed E-state index contributed by atoms with van der Waals surface area (Å²) in [5, 5.41) is 4.27. The van der Waals surface area contributed by atoms with Crippen molar-refractivity contribution in [3.63, 3.8) is 0 Å². The molecule has 3 nitrogen and oxygen atoms in total. The number of benzene rings is 2. The van der Waals surface area contributed by atoms with Gasteiger partial charge in [0.05, 0.1) is 12.1 Å². The Labute approximate surface area is 142 Å². The van der Waals surface area contributed by atoms with E-state index in [1.807, 2.05) is 48.5 Å². The number of ketones is 1. The standard InChI is InChI=1S/C21H22N2O/c1-21(2,3)20-12-9-16-13-17(10-11-18(16)23-20)22-14-19(24)15-7-5-4-6-8-15/h4-13,22H,14H2,1-3H3. The molecule has 0 bridgehead atoms. The molecule has 0 aliphatic rings. The SMILES string of the molecule is CC(C)(C)c1ccc2cc(NCC(=O)c3ccccc3)ccc2n1. The largest absolute Gasteiger partial charge is 0.378 e. The Morgan fingerprint density at radius 2 is 1.75 bits per heavy atom. The quantitative estimate of drug-likeness (QED) is 0.701. The molecule has 0 spiro atoms. The molecule has 0 atom stereocenters. The van der Waals surface area contributed by atoms with Crippen LogP contribution >= 0.6 is 0 Å². The van der Waals surface area contributed by atoms with E-state index in [0.29, 0.717) is 0 Å².